The Kier molecular flexibility index (Phi) is 25.6. The highest BCUT2D eigenvalue weighted by molar-refractivity contribution is 5.75. The highest BCUT2D eigenvalue weighted by atomic mass is 16.1. The molecule has 0 aromatic heterocycles. The van der Waals surface area contributed by atoms with E-state index in [0.29, 0.717) is 6.42 Å². The number of benzene rings is 1. The van der Waals surface area contributed by atoms with Gasteiger partial charge in [0.25, 0.3) is 0 Å². The molecule has 0 unspecified atom stereocenters. The standard InChI is InChI=1S/C6H6.C5H10O.C3H7NO.C2H6/c1-2-4-6-5-3-1;1-3-4-5(2)6;1-2-3(4)5;1-2/h1-6H;3-4H2,1-2H3;2H2,1H3,(H2,4,5);1-2H3. The first-order valence-electron chi connectivity index (χ1n) is 6.82. The van der Waals surface area contributed by atoms with Crippen LogP contribution < -0.4 is 5.73 Å². The number of ketones is 1. The number of carbonyl (C=O) groups excluding carboxylic acids is 2. The predicted octanol–water partition coefficient (Wildman–Crippen LogP) is 3.97. The van der Waals surface area contributed by atoms with Crippen LogP contribution in [-0.4, -0.2) is 11.7 Å². The van der Waals surface area contributed by atoms with Gasteiger partial charge in [0.1, 0.15) is 5.78 Å². The lowest BCUT2D eigenvalue weighted by Crippen LogP contribution is -2.06. The summed E-state index contributed by atoms with van der Waals surface area (Å²) in [5.41, 5.74) is 4.65. The first kappa shape index (κ1) is 22.5. The molecule has 1 aromatic rings. The molecule has 0 aliphatic heterocycles. The Hall–Kier alpha value is -1.64. The van der Waals surface area contributed by atoms with Gasteiger partial charge in [-0.2, -0.15) is 0 Å². The molecule has 0 radical (unpaired) electrons. The number of Topliss-reactive ketones (excluding diaryl/α,β-unsaturated/α-hetero) is 1. The topological polar surface area (TPSA) is 60.2 Å². The van der Waals surface area contributed by atoms with E-state index in [4.69, 9.17) is 0 Å². The molecule has 0 spiro atoms. The van der Waals surface area contributed by atoms with Crippen LogP contribution in [0.15, 0.2) is 36.4 Å². The van der Waals surface area contributed by atoms with Gasteiger partial charge in [-0.3, -0.25) is 4.79 Å². The van der Waals surface area contributed by atoms with Crippen molar-refractivity contribution in [2.75, 3.05) is 0 Å². The average molecular weight is 267 g/mol. The number of hydrogen-bond acceptors (Lipinski definition) is 2. The first-order valence-corrected chi connectivity index (χ1v) is 6.82. The van der Waals surface area contributed by atoms with E-state index in [1.54, 1.807) is 13.8 Å². The van der Waals surface area contributed by atoms with Gasteiger partial charge in [0, 0.05) is 12.8 Å². The molecule has 19 heavy (non-hydrogen) atoms. The summed E-state index contributed by atoms with van der Waals surface area (Å²) in [6, 6.07) is 12.0. The smallest absolute Gasteiger partial charge is 0.217 e. The molecule has 110 valence electrons. The van der Waals surface area contributed by atoms with Gasteiger partial charge in [-0.1, -0.05) is 64.1 Å². The van der Waals surface area contributed by atoms with Gasteiger partial charge in [-0.05, 0) is 13.3 Å². The van der Waals surface area contributed by atoms with Crippen LogP contribution in [0.25, 0.3) is 0 Å². The lowest BCUT2D eigenvalue weighted by atomic mass is 10.3. The van der Waals surface area contributed by atoms with E-state index in [9.17, 15) is 9.59 Å². The molecule has 0 aliphatic carbocycles. The molecule has 1 aromatic carbocycles. The number of hydrogen-bond donors (Lipinski definition) is 1. The second-order valence-electron chi connectivity index (χ2n) is 3.43. The van der Waals surface area contributed by atoms with Gasteiger partial charge >= 0.3 is 0 Å². The van der Waals surface area contributed by atoms with Gasteiger partial charge in [0.15, 0.2) is 0 Å². The SMILES string of the molecule is CC.CCC(N)=O.CCCC(C)=O.c1ccccc1. The molecule has 2 N–H and O–H groups in total. The zero-order chi connectivity index (χ0) is 15.5. The molecular weight excluding hydrogens is 238 g/mol. The molecule has 0 saturated carbocycles. The van der Waals surface area contributed by atoms with Crippen LogP contribution in [0.2, 0.25) is 0 Å². The second kappa shape index (κ2) is 21.6. The molecular formula is C16H29NO2. The minimum Gasteiger partial charge on any atom is -0.370 e. The van der Waals surface area contributed by atoms with Crippen LogP contribution in [0.3, 0.4) is 0 Å². The van der Waals surface area contributed by atoms with Crippen molar-refractivity contribution in [3.63, 3.8) is 0 Å². The fourth-order valence-corrected chi connectivity index (χ4v) is 0.737. The number of amides is 1. The summed E-state index contributed by atoms with van der Waals surface area (Å²) in [6.45, 7) is 9.34. The molecule has 0 heterocycles. The van der Waals surface area contributed by atoms with Crippen molar-refractivity contribution in [3.05, 3.63) is 36.4 Å². The summed E-state index contributed by atoms with van der Waals surface area (Å²) >= 11 is 0. The third-order valence-corrected chi connectivity index (χ3v) is 1.62. The monoisotopic (exact) mass is 267 g/mol. The zero-order valence-corrected chi connectivity index (χ0v) is 13.0. The van der Waals surface area contributed by atoms with E-state index < -0.39 is 0 Å². The van der Waals surface area contributed by atoms with Gasteiger partial charge in [-0.25, -0.2) is 0 Å². The molecule has 1 rings (SSSR count). The maximum atomic E-state index is 10.0. The lowest BCUT2D eigenvalue weighted by molar-refractivity contribution is -0.118. The normalized spacial score (nSPS) is 7.42. The Balaban J connectivity index is -0.000000191. The lowest BCUT2D eigenvalue weighted by Gasteiger charge is -1.80. The second-order valence-corrected chi connectivity index (χ2v) is 3.43. The average Bonchev–Trinajstić information content (AvgIpc) is 2.44. The largest absolute Gasteiger partial charge is 0.370 e. The van der Waals surface area contributed by atoms with Crippen molar-refractivity contribution in [1.82, 2.24) is 0 Å². The van der Waals surface area contributed by atoms with Gasteiger partial charge in [0.05, 0.1) is 0 Å². The molecule has 3 nitrogen and oxygen atoms in total. The van der Waals surface area contributed by atoms with Crippen LogP contribution in [0, 0.1) is 0 Å². The summed E-state index contributed by atoms with van der Waals surface area (Å²) in [7, 11) is 0. The Morgan fingerprint density at radius 1 is 0.895 bits per heavy atom. The maximum Gasteiger partial charge on any atom is 0.217 e. The van der Waals surface area contributed by atoms with Crippen molar-refractivity contribution in [2.45, 2.75) is 53.9 Å². The number of rotatable bonds is 3. The van der Waals surface area contributed by atoms with E-state index in [0.717, 1.165) is 12.8 Å². The highest BCUT2D eigenvalue weighted by Crippen LogP contribution is 1.84. The summed E-state index contributed by atoms with van der Waals surface area (Å²) in [6.07, 6.45) is 2.16. The highest BCUT2D eigenvalue weighted by Gasteiger charge is 1.83. The Labute approximate surface area is 118 Å². The van der Waals surface area contributed by atoms with Crippen LogP contribution in [0.4, 0.5) is 0 Å². The van der Waals surface area contributed by atoms with E-state index in [-0.39, 0.29) is 11.7 Å². The van der Waals surface area contributed by atoms with Gasteiger partial charge in [0.2, 0.25) is 5.91 Å². The molecule has 0 atom stereocenters. The molecule has 3 heteroatoms. The molecule has 0 fully saturated rings. The van der Waals surface area contributed by atoms with Crippen molar-refractivity contribution >= 4 is 11.7 Å². The third kappa shape index (κ3) is 38.5. The van der Waals surface area contributed by atoms with Gasteiger partial charge in [-0.15, -0.1) is 0 Å². The Bertz CT molecular complexity index is 257. The predicted molar refractivity (Wildman–Crippen MR) is 82.9 cm³/mol. The molecule has 1 amide bonds. The van der Waals surface area contributed by atoms with Crippen LogP contribution >= 0.6 is 0 Å². The van der Waals surface area contributed by atoms with Crippen molar-refractivity contribution in [2.24, 2.45) is 5.73 Å². The van der Waals surface area contributed by atoms with Crippen LogP contribution in [0.5, 0.6) is 0 Å². The third-order valence-electron chi connectivity index (χ3n) is 1.62. The summed E-state index contributed by atoms with van der Waals surface area (Å²) < 4.78 is 0. The Morgan fingerprint density at radius 3 is 1.21 bits per heavy atom. The summed E-state index contributed by atoms with van der Waals surface area (Å²) in [5, 5.41) is 0. The molecule has 0 saturated heterocycles. The van der Waals surface area contributed by atoms with Crippen molar-refractivity contribution in [1.29, 1.82) is 0 Å². The van der Waals surface area contributed by atoms with Crippen LogP contribution in [0.1, 0.15) is 53.9 Å². The first-order chi connectivity index (χ1) is 9.04. The minimum atomic E-state index is -0.245. The fourth-order valence-electron chi connectivity index (χ4n) is 0.737. The summed E-state index contributed by atoms with van der Waals surface area (Å²) in [5.74, 6) is 0.0440. The fraction of sp³-hybridized carbons (Fsp3) is 0.500. The number of carbonyl (C=O) groups is 2. The number of primary amides is 1. The minimum absolute atomic E-state index is 0.245. The number of nitrogens with two attached hydrogens (primary N) is 1. The van der Waals surface area contributed by atoms with E-state index >= 15 is 0 Å². The van der Waals surface area contributed by atoms with Gasteiger partial charge < -0.3 is 10.5 Å². The quantitative estimate of drug-likeness (QED) is 0.900. The zero-order valence-electron chi connectivity index (χ0n) is 13.0. The van der Waals surface area contributed by atoms with E-state index in [1.807, 2.05) is 57.2 Å². The molecule has 0 aliphatic rings. The Morgan fingerprint density at radius 2 is 1.16 bits per heavy atom. The molecule has 0 bridgehead atoms. The van der Waals surface area contributed by atoms with E-state index in [1.165, 1.54) is 0 Å². The van der Waals surface area contributed by atoms with Crippen molar-refractivity contribution < 1.29 is 9.59 Å². The van der Waals surface area contributed by atoms with Crippen LogP contribution in [-0.2, 0) is 9.59 Å². The maximum absolute atomic E-state index is 10.0. The summed E-state index contributed by atoms with van der Waals surface area (Å²) in [4.78, 5) is 19.6. The van der Waals surface area contributed by atoms with Crippen molar-refractivity contribution in [3.8, 4) is 0 Å². The van der Waals surface area contributed by atoms with E-state index in [2.05, 4.69) is 5.73 Å².